The van der Waals surface area contributed by atoms with Crippen LogP contribution in [0.2, 0.25) is 0 Å². The molecule has 140 valence electrons. The summed E-state index contributed by atoms with van der Waals surface area (Å²) in [5, 5.41) is 4.56. The number of hydrogen-bond donors (Lipinski definition) is 0. The van der Waals surface area contributed by atoms with E-state index in [0.29, 0.717) is 36.2 Å². The molecular weight excluding hydrogens is 346 g/mol. The summed E-state index contributed by atoms with van der Waals surface area (Å²) < 4.78 is 5.32. The standard InChI is InChI=1S/C20H27N3O2S/c1-14-12-13-23(15-8-5-6-9-16(15)26-14)18(24)11-7-10-17-21-19(22-25-17)20(2,3)4/h5-6,8-9,14H,7,10-13H2,1-4H3/t14-/m1/s1. The fourth-order valence-corrected chi connectivity index (χ4v) is 4.05. The lowest BCUT2D eigenvalue weighted by Crippen LogP contribution is -2.32. The van der Waals surface area contributed by atoms with Crippen LogP contribution in [0, 0.1) is 0 Å². The molecule has 0 fully saturated rings. The zero-order valence-corrected chi connectivity index (χ0v) is 16.8. The van der Waals surface area contributed by atoms with Crippen molar-refractivity contribution in [3.8, 4) is 0 Å². The quantitative estimate of drug-likeness (QED) is 0.783. The molecule has 1 amide bonds. The van der Waals surface area contributed by atoms with Crippen LogP contribution in [0.15, 0.2) is 33.7 Å². The fourth-order valence-electron chi connectivity index (χ4n) is 2.93. The van der Waals surface area contributed by atoms with Crippen molar-refractivity contribution in [3.63, 3.8) is 0 Å². The average molecular weight is 374 g/mol. The number of aromatic nitrogens is 2. The Labute approximate surface area is 159 Å². The summed E-state index contributed by atoms with van der Waals surface area (Å²) in [5.41, 5.74) is 0.918. The summed E-state index contributed by atoms with van der Waals surface area (Å²) >= 11 is 1.85. The van der Waals surface area contributed by atoms with Crippen LogP contribution in [-0.2, 0) is 16.6 Å². The fraction of sp³-hybridized carbons (Fsp3) is 0.550. The van der Waals surface area contributed by atoms with E-state index in [1.807, 2.05) is 34.9 Å². The van der Waals surface area contributed by atoms with Crippen molar-refractivity contribution in [1.82, 2.24) is 10.1 Å². The van der Waals surface area contributed by atoms with E-state index < -0.39 is 0 Å². The molecule has 0 saturated carbocycles. The Kier molecular flexibility index (Phi) is 5.70. The number of carbonyl (C=O) groups is 1. The number of rotatable bonds is 4. The van der Waals surface area contributed by atoms with Crippen molar-refractivity contribution >= 4 is 23.4 Å². The number of fused-ring (bicyclic) bond motifs is 1. The second-order valence-corrected chi connectivity index (χ2v) is 9.33. The molecule has 1 atom stereocenters. The van der Waals surface area contributed by atoms with Crippen LogP contribution in [-0.4, -0.2) is 27.8 Å². The second kappa shape index (κ2) is 7.82. The largest absolute Gasteiger partial charge is 0.339 e. The first-order valence-corrected chi connectivity index (χ1v) is 10.1. The number of amides is 1. The zero-order chi connectivity index (χ0) is 18.7. The van der Waals surface area contributed by atoms with Crippen molar-refractivity contribution in [1.29, 1.82) is 0 Å². The highest BCUT2D eigenvalue weighted by Gasteiger charge is 2.24. The van der Waals surface area contributed by atoms with Gasteiger partial charge < -0.3 is 9.42 Å². The van der Waals surface area contributed by atoms with Gasteiger partial charge in [0.15, 0.2) is 5.82 Å². The first-order valence-electron chi connectivity index (χ1n) is 9.23. The van der Waals surface area contributed by atoms with Gasteiger partial charge in [0.1, 0.15) is 0 Å². The lowest BCUT2D eigenvalue weighted by Gasteiger charge is -2.22. The van der Waals surface area contributed by atoms with Crippen LogP contribution < -0.4 is 4.90 Å². The van der Waals surface area contributed by atoms with Gasteiger partial charge in [0.2, 0.25) is 11.8 Å². The molecule has 0 N–H and O–H groups in total. The summed E-state index contributed by atoms with van der Waals surface area (Å²) in [6.45, 7) is 9.17. The maximum Gasteiger partial charge on any atom is 0.227 e. The van der Waals surface area contributed by atoms with Gasteiger partial charge in [-0.05, 0) is 25.0 Å². The third kappa shape index (κ3) is 4.47. The van der Waals surface area contributed by atoms with Gasteiger partial charge in [0.05, 0.1) is 5.69 Å². The number of thioether (sulfide) groups is 1. The molecule has 3 rings (SSSR count). The van der Waals surface area contributed by atoms with E-state index in [2.05, 4.69) is 43.9 Å². The minimum atomic E-state index is -0.123. The summed E-state index contributed by atoms with van der Waals surface area (Å²) in [6, 6.07) is 8.19. The Morgan fingerprint density at radius 2 is 2.12 bits per heavy atom. The predicted molar refractivity (Wildman–Crippen MR) is 105 cm³/mol. The summed E-state index contributed by atoms with van der Waals surface area (Å²) in [7, 11) is 0. The maximum atomic E-state index is 12.8. The summed E-state index contributed by atoms with van der Waals surface area (Å²) in [5.74, 6) is 1.50. The third-order valence-corrected chi connectivity index (χ3v) is 5.70. The Bertz CT molecular complexity index is 766. The average Bonchev–Trinajstić information content (AvgIpc) is 2.99. The summed E-state index contributed by atoms with van der Waals surface area (Å²) in [6.07, 6.45) is 2.84. The number of hydrogen-bond acceptors (Lipinski definition) is 5. The molecule has 1 aliphatic heterocycles. The highest BCUT2D eigenvalue weighted by molar-refractivity contribution is 8.00. The molecule has 1 aromatic heterocycles. The molecule has 2 heterocycles. The van der Waals surface area contributed by atoms with E-state index in [4.69, 9.17) is 4.52 Å². The second-order valence-electron chi connectivity index (χ2n) is 7.85. The van der Waals surface area contributed by atoms with Gasteiger partial charge in [-0.25, -0.2) is 0 Å². The van der Waals surface area contributed by atoms with Crippen LogP contribution in [0.3, 0.4) is 0 Å². The Morgan fingerprint density at radius 3 is 2.85 bits per heavy atom. The number of aryl methyl sites for hydroxylation is 1. The van der Waals surface area contributed by atoms with E-state index >= 15 is 0 Å². The van der Waals surface area contributed by atoms with E-state index in [1.54, 1.807) is 0 Å². The smallest absolute Gasteiger partial charge is 0.227 e. The van der Waals surface area contributed by atoms with Gasteiger partial charge in [-0.15, -0.1) is 11.8 Å². The summed E-state index contributed by atoms with van der Waals surface area (Å²) in [4.78, 5) is 20.4. The number of anilines is 1. The molecule has 0 radical (unpaired) electrons. The predicted octanol–water partition coefficient (Wildman–Crippen LogP) is 4.61. The topological polar surface area (TPSA) is 59.2 Å². The van der Waals surface area contributed by atoms with E-state index in [9.17, 15) is 4.79 Å². The van der Waals surface area contributed by atoms with Gasteiger partial charge in [-0.3, -0.25) is 4.79 Å². The number of carbonyl (C=O) groups excluding carboxylic acids is 1. The first-order chi connectivity index (χ1) is 12.3. The Hall–Kier alpha value is -1.82. The van der Waals surface area contributed by atoms with Crippen molar-refractivity contribution in [3.05, 3.63) is 36.0 Å². The molecule has 2 aromatic rings. The van der Waals surface area contributed by atoms with Gasteiger partial charge in [0.25, 0.3) is 0 Å². The number of benzene rings is 1. The molecule has 0 aliphatic carbocycles. The van der Waals surface area contributed by atoms with Crippen molar-refractivity contribution in [2.24, 2.45) is 0 Å². The minimum absolute atomic E-state index is 0.123. The monoisotopic (exact) mass is 373 g/mol. The van der Waals surface area contributed by atoms with E-state index in [0.717, 1.165) is 18.7 Å². The van der Waals surface area contributed by atoms with Crippen LogP contribution >= 0.6 is 11.8 Å². The minimum Gasteiger partial charge on any atom is -0.339 e. The van der Waals surface area contributed by atoms with Crippen LogP contribution in [0.25, 0.3) is 0 Å². The van der Waals surface area contributed by atoms with Crippen molar-refractivity contribution in [2.45, 2.75) is 68.9 Å². The molecule has 5 nitrogen and oxygen atoms in total. The highest BCUT2D eigenvalue weighted by atomic mass is 32.2. The highest BCUT2D eigenvalue weighted by Crippen LogP contribution is 2.37. The molecule has 0 bridgehead atoms. The van der Waals surface area contributed by atoms with Gasteiger partial charge in [0, 0.05) is 34.9 Å². The Balaban J connectivity index is 1.61. The van der Waals surface area contributed by atoms with Crippen LogP contribution in [0.1, 0.15) is 58.7 Å². The Morgan fingerprint density at radius 1 is 1.35 bits per heavy atom. The lowest BCUT2D eigenvalue weighted by atomic mass is 9.96. The normalized spacial score (nSPS) is 17.7. The molecule has 0 spiro atoms. The van der Waals surface area contributed by atoms with E-state index in [1.165, 1.54) is 4.90 Å². The number of para-hydroxylation sites is 1. The molecule has 6 heteroatoms. The first kappa shape index (κ1) is 19.0. The SMILES string of the molecule is C[C@@H]1CCN(C(=O)CCCc2nc(C(C)(C)C)no2)c2ccccc2S1. The zero-order valence-electron chi connectivity index (χ0n) is 16.0. The lowest BCUT2D eigenvalue weighted by molar-refractivity contribution is -0.118. The van der Waals surface area contributed by atoms with Crippen molar-refractivity contribution < 1.29 is 9.32 Å². The van der Waals surface area contributed by atoms with Crippen LogP contribution in [0.4, 0.5) is 5.69 Å². The third-order valence-electron chi connectivity index (χ3n) is 4.46. The van der Waals surface area contributed by atoms with Gasteiger partial charge in [-0.1, -0.05) is 45.0 Å². The molecular formula is C20H27N3O2S. The molecule has 26 heavy (non-hydrogen) atoms. The van der Waals surface area contributed by atoms with Gasteiger partial charge in [-0.2, -0.15) is 4.98 Å². The maximum absolute atomic E-state index is 12.8. The van der Waals surface area contributed by atoms with E-state index in [-0.39, 0.29) is 11.3 Å². The molecule has 1 aromatic carbocycles. The van der Waals surface area contributed by atoms with Crippen LogP contribution in [0.5, 0.6) is 0 Å². The molecule has 0 unspecified atom stereocenters. The number of nitrogens with zero attached hydrogens (tertiary/aromatic N) is 3. The molecule has 1 aliphatic rings. The molecule has 0 saturated heterocycles. The van der Waals surface area contributed by atoms with Gasteiger partial charge >= 0.3 is 0 Å². The van der Waals surface area contributed by atoms with Crippen molar-refractivity contribution in [2.75, 3.05) is 11.4 Å².